The number of hydrogen-bond donors (Lipinski definition) is 2. The van der Waals surface area contributed by atoms with Gasteiger partial charge in [0.2, 0.25) is 11.8 Å². The molecule has 3 rings (SSSR count). The van der Waals surface area contributed by atoms with E-state index in [2.05, 4.69) is 20.6 Å². The van der Waals surface area contributed by atoms with Gasteiger partial charge >= 0.3 is 0 Å². The lowest BCUT2D eigenvalue weighted by molar-refractivity contribution is -0.123. The Balaban J connectivity index is 1.74. The van der Waals surface area contributed by atoms with E-state index < -0.39 is 35.9 Å². The van der Waals surface area contributed by atoms with Crippen LogP contribution in [0.3, 0.4) is 0 Å². The van der Waals surface area contributed by atoms with Gasteiger partial charge in [-0.05, 0) is 32.4 Å². The van der Waals surface area contributed by atoms with Crippen molar-refractivity contribution >= 4 is 23.2 Å². The molecule has 7 nitrogen and oxygen atoms in total. The van der Waals surface area contributed by atoms with Crippen LogP contribution in [0.1, 0.15) is 27.2 Å². The van der Waals surface area contributed by atoms with Gasteiger partial charge in [0.05, 0.1) is 30.0 Å². The lowest BCUT2D eigenvalue weighted by atomic mass is 9.85. The van der Waals surface area contributed by atoms with Gasteiger partial charge in [0.1, 0.15) is 18.4 Å². The number of aliphatic imine (C=N–C) groups is 2. The molecular formula is C20H19F2N5O2. The Bertz CT molecular complexity index is 954. The van der Waals surface area contributed by atoms with Gasteiger partial charge in [-0.15, -0.1) is 0 Å². The Morgan fingerprint density at radius 2 is 2.17 bits per heavy atom. The van der Waals surface area contributed by atoms with Gasteiger partial charge in [-0.2, -0.15) is 5.26 Å². The lowest BCUT2D eigenvalue weighted by Crippen LogP contribution is -2.44. The predicted octanol–water partition coefficient (Wildman–Crippen LogP) is 1.96. The first kappa shape index (κ1) is 20.6. The van der Waals surface area contributed by atoms with Crippen molar-refractivity contribution in [3.05, 3.63) is 47.3 Å². The molecule has 0 spiro atoms. The minimum atomic E-state index is -1.88. The van der Waals surface area contributed by atoms with Crippen molar-refractivity contribution < 1.29 is 18.4 Å². The third kappa shape index (κ3) is 4.01. The zero-order chi connectivity index (χ0) is 21.3. The highest BCUT2D eigenvalue weighted by molar-refractivity contribution is 6.44. The van der Waals surface area contributed by atoms with Crippen LogP contribution >= 0.6 is 0 Å². The number of halogens is 2. The molecule has 0 fully saturated rings. The van der Waals surface area contributed by atoms with Gasteiger partial charge < -0.3 is 10.6 Å². The average Bonchev–Trinajstić information content (AvgIpc) is 2.67. The van der Waals surface area contributed by atoms with Crippen molar-refractivity contribution in [1.82, 2.24) is 10.6 Å². The molecule has 150 valence electrons. The van der Waals surface area contributed by atoms with Crippen molar-refractivity contribution in [3.63, 3.8) is 0 Å². The normalized spacial score (nSPS) is 25.6. The number of carbonyl (C=O) groups is 2. The Hall–Kier alpha value is -3.15. The smallest absolute Gasteiger partial charge is 0.249 e. The second-order valence-corrected chi connectivity index (χ2v) is 6.87. The minimum absolute atomic E-state index is 0.0211. The van der Waals surface area contributed by atoms with E-state index in [1.165, 1.54) is 19.5 Å². The third-order valence-corrected chi connectivity index (χ3v) is 4.85. The average molecular weight is 399 g/mol. The fourth-order valence-corrected chi connectivity index (χ4v) is 3.39. The van der Waals surface area contributed by atoms with Crippen LogP contribution in [0.4, 0.5) is 8.78 Å². The zero-order valence-corrected chi connectivity index (χ0v) is 16.1. The molecular weight excluding hydrogens is 380 g/mol. The van der Waals surface area contributed by atoms with Crippen molar-refractivity contribution in [1.29, 1.82) is 5.26 Å². The van der Waals surface area contributed by atoms with Crippen LogP contribution in [0.15, 0.2) is 44.7 Å². The van der Waals surface area contributed by atoms with E-state index in [1.54, 1.807) is 13.8 Å². The quantitative estimate of drug-likeness (QED) is 0.755. The molecule has 3 aliphatic rings. The van der Waals surface area contributed by atoms with Crippen LogP contribution in [-0.2, 0) is 9.59 Å². The molecule has 0 bridgehead atoms. The van der Waals surface area contributed by atoms with E-state index in [4.69, 9.17) is 5.26 Å². The number of fused-ring (bicyclic) bond motifs is 1. The number of allylic oxidation sites excluding steroid dienone is 2. The molecule has 0 saturated carbocycles. The van der Waals surface area contributed by atoms with E-state index >= 15 is 0 Å². The maximum atomic E-state index is 14.2. The van der Waals surface area contributed by atoms with Crippen LogP contribution in [-0.4, -0.2) is 41.5 Å². The number of nitrogens with zero attached hydrogens (tertiary/aromatic N) is 3. The van der Waals surface area contributed by atoms with E-state index in [0.717, 1.165) is 6.08 Å². The van der Waals surface area contributed by atoms with Crippen LogP contribution < -0.4 is 10.6 Å². The van der Waals surface area contributed by atoms with Gasteiger partial charge in [-0.25, -0.2) is 8.78 Å². The third-order valence-electron chi connectivity index (χ3n) is 4.85. The van der Waals surface area contributed by atoms with Crippen molar-refractivity contribution in [2.75, 3.05) is 0 Å². The molecule has 1 aliphatic carbocycles. The van der Waals surface area contributed by atoms with Crippen molar-refractivity contribution in [2.45, 2.75) is 45.4 Å². The Morgan fingerprint density at radius 1 is 1.45 bits per heavy atom. The van der Waals surface area contributed by atoms with Gasteiger partial charge in [0.15, 0.2) is 12.2 Å². The van der Waals surface area contributed by atoms with Crippen molar-refractivity contribution in [3.8, 4) is 6.07 Å². The summed E-state index contributed by atoms with van der Waals surface area (Å²) < 4.78 is 27.9. The predicted molar refractivity (Wildman–Crippen MR) is 103 cm³/mol. The molecule has 0 aromatic rings. The Labute approximate surface area is 167 Å². The summed E-state index contributed by atoms with van der Waals surface area (Å²) in [6.45, 7) is 6.27. The molecule has 2 N–H and O–H groups in total. The Morgan fingerprint density at radius 3 is 2.83 bits per heavy atom. The number of alkyl halides is 1. The first-order valence-corrected chi connectivity index (χ1v) is 8.98. The van der Waals surface area contributed by atoms with E-state index in [-0.39, 0.29) is 29.2 Å². The van der Waals surface area contributed by atoms with Crippen LogP contribution in [0.2, 0.25) is 0 Å². The summed E-state index contributed by atoms with van der Waals surface area (Å²) in [6.07, 6.45) is 0.149. The van der Waals surface area contributed by atoms with Gasteiger partial charge in [0, 0.05) is 11.1 Å². The highest BCUT2D eigenvalue weighted by atomic mass is 19.2. The first-order valence-electron chi connectivity index (χ1n) is 8.98. The van der Waals surface area contributed by atoms with E-state index in [0.29, 0.717) is 11.4 Å². The summed E-state index contributed by atoms with van der Waals surface area (Å²) in [5.41, 5.74) is 1.32. The molecule has 2 aliphatic heterocycles. The fraction of sp³-hybridized carbons (Fsp3) is 0.350. The highest BCUT2D eigenvalue weighted by Gasteiger charge is 2.36. The van der Waals surface area contributed by atoms with Crippen molar-refractivity contribution in [2.24, 2.45) is 9.98 Å². The van der Waals surface area contributed by atoms with Gasteiger partial charge in [-0.1, -0.05) is 6.08 Å². The Kier molecular flexibility index (Phi) is 5.73. The van der Waals surface area contributed by atoms with Crippen LogP contribution in [0.5, 0.6) is 0 Å². The standard InChI is InChI=1S/C20H19F2N5O2/c1-9-13(20(29)27-15-5-4-14(21)18(22)17(9)15)6-16(28)26-11(3)19-10(2)25-12(7-23)8-24-19/h4-5,8,11-12,14H,6H2,1-3H3,(H,26,28)(H,27,29)/t11-,12?,14?/m0/s1. The first-order chi connectivity index (χ1) is 13.7. The highest BCUT2D eigenvalue weighted by Crippen LogP contribution is 2.37. The molecule has 0 saturated heterocycles. The summed E-state index contributed by atoms with van der Waals surface area (Å²) in [4.78, 5) is 33.2. The van der Waals surface area contributed by atoms with Gasteiger partial charge in [0.25, 0.3) is 0 Å². The second-order valence-electron chi connectivity index (χ2n) is 6.87. The number of amides is 2. The summed E-state index contributed by atoms with van der Waals surface area (Å²) in [5.74, 6) is -2.00. The SMILES string of the molecule is CC1=NC(C#N)[CH]N=C1[C@H](C)NC(=O)CC1=C(C)C2=C(F)C(F)C=C[C]2NC1=O. The number of hydrogen-bond acceptors (Lipinski definition) is 5. The maximum absolute atomic E-state index is 14.2. The zero-order valence-electron chi connectivity index (χ0n) is 16.1. The van der Waals surface area contributed by atoms with E-state index in [9.17, 15) is 18.4 Å². The molecule has 2 unspecified atom stereocenters. The topological polar surface area (TPSA) is 107 Å². The van der Waals surface area contributed by atoms with E-state index in [1.807, 2.05) is 6.07 Å². The molecule has 2 amide bonds. The number of nitrogens with one attached hydrogen (secondary N) is 2. The number of nitriles is 1. The van der Waals surface area contributed by atoms with Crippen LogP contribution in [0.25, 0.3) is 0 Å². The summed E-state index contributed by atoms with van der Waals surface area (Å²) in [6, 6.07) is 0.986. The minimum Gasteiger partial charge on any atom is -0.348 e. The molecule has 2 radical (unpaired) electrons. The maximum Gasteiger partial charge on any atom is 0.249 e. The largest absolute Gasteiger partial charge is 0.348 e. The summed E-state index contributed by atoms with van der Waals surface area (Å²) >= 11 is 0. The molecule has 0 aromatic heterocycles. The lowest BCUT2D eigenvalue weighted by Gasteiger charge is -2.30. The molecule has 9 heteroatoms. The molecule has 0 aromatic carbocycles. The number of carbonyl (C=O) groups excluding carboxylic acids is 2. The number of rotatable bonds is 4. The molecule has 2 heterocycles. The second kappa shape index (κ2) is 8.07. The fourth-order valence-electron chi connectivity index (χ4n) is 3.39. The summed E-state index contributed by atoms with van der Waals surface area (Å²) in [7, 11) is 0. The molecule has 3 atom stereocenters. The molecule has 29 heavy (non-hydrogen) atoms. The summed E-state index contributed by atoms with van der Waals surface area (Å²) in [5, 5.41) is 14.1. The van der Waals surface area contributed by atoms with Gasteiger partial charge in [-0.3, -0.25) is 19.6 Å². The van der Waals surface area contributed by atoms with Crippen LogP contribution in [0, 0.1) is 23.9 Å². The monoisotopic (exact) mass is 399 g/mol.